The highest BCUT2D eigenvalue weighted by molar-refractivity contribution is 5.76. The number of benzene rings is 1. The topological polar surface area (TPSA) is 56.1 Å². The van der Waals surface area contributed by atoms with Gasteiger partial charge in [-0.3, -0.25) is 4.79 Å². The van der Waals surface area contributed by atoms with Gasteiger partial charge in [0.2, 0.25) is 5.91 Å². The third kappa shape index (κ3) is 2.99. The van der Waals surface area contributed by atoms with Crippen LogP contribution in [-0.2, 0) is 11.8 Å². The summed E-state index contributed by atoms with van der Waals surface area (Å²) >= 11 is 0. The number of methoxy groups -OCH3 is 1. The van der Waals surface area contributed by atoms with Crippen molar-refractivity contribution >= 4 is 5.91 Å². The zero-order valence-corrected chi connectivity index (χ0v) is 12.0. The quantitative estimate of drug-likeness (QED) is 0.907. The molecule has 1 unspecified atom stereocenters. The molecule has 0 aliphatic rings. The van der Waals surface area contributed by atoms with Gasteiger partial charge in [-0.05, 0) is 17.7 Å². The number of rotatable bonds is 5. The highest BCUT2D eigenvalue weighted by Gasteiger charge is 2.19. The van der Waals surface area contributed by atoms with Gasteiger partial charge in [-0.15, -0.1) is 0 Å². The average molecular weight is 273 g/mol. The SMILES string of the molecule is CCC(=O)NC(c1ccc(OC)cc1)c1nccn1C. The van der Waals surface area contributed by atoms with E-state index in [1.54, 1.807) is 13.3 Å². The van der Waals surface area contributed by atoms with E-state index in [9.17, 15) is 4.79 Å². The predicted molar refractivity (Wildman–Crippen MR) is 76.5 cm³/mol. The number of ether oxygens (including phenoxy) is 1. The lowest BCUT2D eigenvalue weighted by Gasteiger charge is -2.19. The van der Waals surface area contributed by atoms with Gasteiger partial charge in [-0.1, -0.05) is 19.1 Å². The number of carbonyl (C=O) groups is 1. The number of aryl methyl sites for hydroxylation is 1. The van der Waals surface area contributed by atoms with Crippen molar-refractivity contribution in [1.29, 1.82) is 0 Å². The van der Waals surface area contributed by atoms with E-state index >= 15 is 0 Å². The molecule has 1 amide bonds. The van der Waals surface area contributed by atoms with Crippen molar-refractivity contribution < 1.29 is 9.53 Å². The Morgan fingerprint density at radius 3 is 2.60 bits per heavy atom. The van der Waals surface area contributed by atoms with Gasteiger partial charge in [0, 0.05) is 25.9 Å². The minimum Gasteiger partial charge on any atom is -0.497 e. The Labute approximate surface area is 118 Å². The zero-order valence-electron chi connectivity index (χ0n) is 12.0. The van der Waals surface area contributed by atoms with Crippen LogP contribution in [0.3, 0.4) is 0 Å². The molecule has 20 heavy (non-hydrogen) atoms. The van der Waals surface area contributed by atoms with Crippen LogP contribution in [0.5, 0.6) is 5.75 Å². The second kappa shape index (κ2) is 6.23. The van der Waals surface area contributed by atoms with Crippen molar-refractivity contribution in [2.45, 2.75) is 19.4 Å². The fourth-order valence-electron chi connectivity index (χ4n) is 2.01. The standard InChI is InChI=1S/C15H19N3O2/c1-4-13(19)17-14(15-16-9-10-18(15)2)11-5-7-12(20-3)8-6-11/h5-10,14H,4H2,1-3H3,(H,17,19). The van der Waals surface area contributed by atoms with Crippen LogP contribution in [0.2, 0.25) is 0 Å². The third-order valence-corrected chi connectivity index (χ3v) is 3.19. The van der Waals surface area contributed by atoms with Gasteiger partial charge >= 0.3 is 0 Å². The van der Waals surface area contributed by atoms with Crippen LogP contribution in [0, 0.1) is 0 Å². The summed E-state index contributed by atoms with van der Waals surface area (Å²) in [7, 11) is 3.54. The molecule has 0 saturated heterocycles. The van der Waals surface area contributed by atoms with Gasteiger partial charge in [0.25, 0.3) is 0 Å². The first-order valence-electron chi connectivity index (χ1n) is 6.56. The first-order chi connectivity index (χ1) is 9.65. The molecule has 0 radical (unpaired) electrons. The normalized spacial score (nSPS) is 11.9. The van der Waals surface area contributed by atoms with Crippen molar-refractivity contribution in [3.05, 3.63) is 48.0 Å². The first kappa shape index (κ1) is 14.1. The Bertz CT molecular complexity index is 575. The van der Waals surface area contributed by atoms with Crippen LogP contribution >= 0.6 is 0 Å². The van der Waals surface area contributed by atoms with Crippen molar-refractivity contribution in [2.24, 2.45) is 7.05 Å². The summed E-state index contributed by atoms with van der Waals surface area (Å²) in [6.45, 7) is 1.83. The molecule has 0 aliphatic heterocycles. The highest BCUT2D eigenvalue weighted by atomic mass is 16.5. The molecule has 106 valence electrons. The molecule has 0 saturated carbocycles. The maximum Gasteiger partial charge on any atom is 0.220 e. The fourth-order valence-corrected chi connectivity index (χ4v) is 2.01. The average Bonchev–Trinajstić information content (AvgIpc) is 2.90. The third-order valence-electron chi connectivity index (χ3n) is 3.19. The van der Waals surface area contributed by atoms with Gasteiger partial charge in [0.1, 0.15) is 17.6 Å². The number of aromatic nitrogens is 2. The van der Waals surface area contributed by atoms with Crippen LogP contribution in [0.15, 0.2) is 36.7 Å². The number of nitrogens with zero attached hydrogens (tertiary/aromatic N) is 2. The van der Waals surface area contributed by atoms with Gasteiger partial charge in [-0.2, -0.15) is 0 Å². The molecule has 0 fully saturated rings. The predicted octanol–water partition coefficient (Wildman–Crippen LogP) is 2.04. The van der Waals surface area contributed by atoms with E-state index in [0.717, 1.165) is 17.1 Å². The van der Waals surface area contributed by atoms with E-state index < -0.39 is 0 Å². The van der Waals surface area contributed by atoms with Crippen molar-refractivity contribution in [2.75, 3.05) is 7.11 Å². The smallest absolute Gasteiger partial charge is 0.220 e. The molecule has 1 aromatic heterocycles. The molecule has 2 aromatic rings. The summed E-state index contributed by atoms with van der Waals surface area (Å²) in [5.74, 6) is 1.58. The lowest BCUT2D eigenvalue weighted by atomic mass is 10.1. The Kier molecular flexibility index (Phi) is 4.40. The molecular weight excluding hydrogens is 254 g/mol. The Morgan fingerprint density at radius 2 is 2.10 bits per heavy atom. The lowest BCUT2D eigenvalue weighted by molar-refractivity contribution is -0.121. The van der Waals surface area contributed by atoms with Crippen molar-refractivity contribution in [3.63, 3.8) is 0 Å². The summed E-state index contributed by atoms with van der Waals surface area (Å²) < 4.78 is 7.07. The highest BCUT2D eigenvalue weighted by Crippen LogP contribution is 2.23. The minimum atomic E-state index is -0.256. The fraction of sp³-hybridized carbons (Fsp3) is 0.333. The Hall–Kier alpha value is -2.30. The summed E-state index contributed by atoms with van der Waals surface area (Å²) in [5.41, 5.74) is 0.974. The van der Waals surface area contributed by atoms with Crippen LogP contribution in [-0.4, -0.2) is 22.6 Å². The van der Waals surface area contributed by atoms with E-state index in [2.05, 4.69) is 10.3 Å². The number of carbonyl (C=O) groups excluding carboxylic acids is 1. The first-order valence-corrected chi connectivity index (χ1v) is 6.56. The zero-order chi connectivity index (χ0) is 14.5. The van der Waals surface area contributed by atoms with Gasteiger partial charge < -0.3 is 14.6 Å². The van der Waals surface area contributed by atoms with Crippen LogP contribution in [0.4, 0.5) is 0 Å². The second-order valence-corrected chi connectivity index (χ2v) is 4.52. The summed E-state index contributed by atoms with van der Waals surface area (Å²) in [6, 6.07) is 7.38. The Morgan fingerprint density at radius 1 is 1.40 bits per heavy atom. The monoisotopic (exact) mass is 273 g/mol. The summed E-state index contributed by atoms with van der Waals surface area (Å²) in [6.07, 6.45) is 4.03. The molecular formula is C15H19N3O2. The lowest BCUT2D eigenvalue weighted by Crippen LogP contribution is -2.30. The maximum absolute atomic E-state index is 11.8. The van der Waals surface area contributed by atoms with Crippen LogP contribution < -0.4 is 10.1 Å². The molecule has 5 heteroatoms. The van der Waals surface area contributed by atoms with E-state index in [-0.39, 0.29) is 11.9 Å². The molecule has 1 N–H and O–H groups in total. The number of hydrogen-bond acceptors (Lipinski definition) is 3. The van der Waals surface area contributed by atoms with Gasteiger partial charge in [-0.25, -0.2) is 4.98 Å². The largest absolute Gasteiger partial charge is 0.497 e. The summed E-state index contributed by atoms with van der Waals surface area (Å²) in [4.78, 5) is 16.1. The maximum atomic E-state index is 11.8. The number of imidazole rings is 1. The second-order valence-electron chi connectivity index (χ2n) is 4.52. The molecule has 5 nitrogen and oxygen atoms in total. The van der Waals surface area contributed by atoms with Crippen molar-refractivity contribution in [3.8, 4) is 5.75 Å². The molecule has 1 aromatic carbocycles. The van der Waals surface area contributed by atoms with E-state index in [1.165, 1.54) is 0 Å². The number of hydrogen-bond donors (Lipinski definition) is 1. The number of amides is 1. The molecule has 0 spiro atoms. The van der Waals surface area contributed by atoms with Gasteiger partial charge in [0.05, 0.1) is 7.11 Å². The van der Waals surface area contributed by atoms with E-state index in [1.807, 2.05) is 49.0 Å². The molecule has 0 bridgehead atoms. The van der Waals surface area contributed by atoms with Crippen molar-refractivity contribution in [1.82, 2.24) is 14.9 Å². The van der Waals surface area contributed by atoms with Gasteiger partial charge in [0.15, 0.2) is 0 Å². The Balaban J connectivity index is 2.35. The molecule has 1 heterocycles. The van der Waals surface area contributed by atoms with E-state index in [0.29, 0.717) is 6.42 Å². The summed E-state index contributed by atoms with van der Waals surface area (Å²) in [5, 5.41) is 3.00. The van der Waals surface area contributed by atoms with Crippen LogP contribution in [0.1, 0.15) is 30.8 Å². The molecule has 1 atom stereocenters. The molecule has 0 aliphatic carbocycles. The minimum absolute atomic E-state index is 0.00572. The number of nitrogens with one attached hydrogen (secondary N) is 1. The van der Waals surface area contributed by atoms with E-state index in [4.69, 9.17) is 4.74 Å². The van der Waals surface area contributed by atoms with Crippen LogP contribution in [0.25, 0.3) is 0 Å². The molecule has 2 rings (SSSR count).